The summed E-state index contributed by atoms with van der Waals surface area (Å²) in [6, 6.07) is 4.26. The minimum atomic E-state index is -3.73. The van der Waals surface area contributed by atoms with Crippen molar-refractivity contribution in [1.29, 1.82) is 0 Å². The van der Waals surface area contributed by atoms with Gasteiger partial charge in [-0.05, 0) is 25.1 Å². The van der Waals surface area contributed by atoms with Gasteiger partial charge in [-0.2, -0.15) is 5.10 Å². The van der Waals surface area contributed by atoms with Gasteiger partial charge in [0.2, 0.25) is 0 Å². The lowest BCUT2D eigenvalue weighted by atomic mass is 10.2. The van der Waals surface area contributed by atoms with Crippen LogP contribution in [0.5, 0.6) is 0 Å². The number of amides is 1. The van der Waals surface area contributed by atoms with Crippen LogP contribution in [0.1, 0.15) is 28.3 Å². The summed E-state index contributed by atoms with van der Waals surface area (Å²) in [4.78, 5) is 12.5. The quantitative estimate of drug-likeness (QED) is 0.842. The number of aromatic amines is 1. The van der Waals surface area contributed by atoms with Crippen LogP contribution >= 0.6 is 22.0 Å². The summed E-state index contributed by atoms with van der Waals surface area (Å²) < 4.78 is 22.4. The van der Waals surface area contributed by atoms with Crippen LogP contribution in [0.15, 0.2) is 28.6 Å². The Morgan fingerprint density at radius 3 is 2.74 bits per heavy atom. The summed E-state index contributed by atoms with van der Waals surface area (Å²) in [5, 5.41) is 8.95. The molecule has 2 N–H and O–H groups in total. The van der Waals surface area contributed by atoms with Gasteiger partial charge < -0.3 is 5.32 Å². The number of halogens is 1. The van der Waals surface area contributed by atoms with Gasteiger partial charge in [0.15, 0.2) is 0 Å². The van der Waals surface area contributed by atoms with E-state index in [0.29, 0.717) is 10.6 Å². The molecule has 0 spiro atoms. The summed E-state index contributed by atoms with van der Waals surface area (Å²) in [6.07, 6.45) is 1.48. The van der Waals surface area contributed by atoms with Gasteiger partial charge in [-0.1, -0.05) is 0 Å². The highest BCUT2D eigenvalue weighted by molar-refractivity contribution is 8.15. The predicted molar refractivity (Wildman–Crippen MR) is 71.8 cm³/mol. The molecule has 0 aliphatic rings. The smallest absolute Gasteiger partial charge is 0.270 e. The molecule has 2 heterocycles. The first-order chi connectivity index (χ1) is 8.88. The van der Waals surface area contributed by atoms with Gasteiger partial charge >= 0.3 is 0 Å². The Morgan fingerprint density at radius 2 is 2.21 bits per heavy atom. The van der Waals surface area contributed by atoms with Crippen LogP contribution in [-0.4, -0.2) is 24.5 Å². The molecule has 0 bridgehead atoms. The molecule has 2 aromatic rings. The topological polar surface area (TPSA) is 91.9 Å². The van der Waals surface area contributed by atoms with E-state index in [9.17, 15) is 13.2 Å². The Kier molecular flexibility index (Phi) is 3.93. The lowest BCUT2D eigenvalue weighted by Crippen LogP contribution is -2.26. The second-order valence-electron chi connectivity index (χ2n) is 3.76. The monoisotopic (exact) mass is 319 g/mol. The van der Waals surface area contributed by atoms with E-state index in [1.807, 2.05) is 0 Å². The normalized spacial score (nSPS) is 13.2. The van der Waals surface area contributed by atoms with Crippen LogP contribution < -0.4 is 5.32 Å². The van der Waals surface area contributed by atoms with Crippen molar-refractivity contribution in [2.45, 2.75) is 17.2 Å². The van der Waals surface area contributed by atoms with E-state index in [4.69, 9.17) is 10.7 Å². The number of thiophene rings is 1. The number of hydrogen-bond donors (Lipinski definition) is 2. The number of aromatic nitrogens is 2. The van der Waals surface area contributed by atoms with Gasteiger partial charge in [0.1, 0.15) is 9.90 Å². The van der Waals surface area contributed by atoms with Crippen molar-refractivity contribution in [2.75, 3.05) is 0 Å². The fraction of sp³-hybridized carbons (Fsp3) is 0.200. The van der Waals surface area contributed by atoms with E-state index in [0.717, 1.165) is 11.3 Å². The number of H-pyrrole nitrogens is 1. The molecule has 0 aliphatic carbocycles. The lowest BCUT2D eigenvalue weighted by Gasteiger charge is -2.10. The van der Waals surface area contributed by atoms with Gasteiger partial charge in [0.25, 0.3) is 15.0 Å². The third kappa shape index (κ3) is 3.34. The number of nitrogens with one attached hydrogen (secondary N) is 2. The number of rotatable bonds is 4. The molecule has 0 saturated carbocycles. The van der Waals surface area contributed by atoms with E-state index in [1.54, 1.807) is 19.1 Å². The maximum absolute atomic E-state index is 11.8. The average molecular weight is 320 g/mol. The largest absolute Gasteiger partial charge is 0.343 e. The Bertz CT molecular complexity index is 679. The zero-order valence-electron chi connectivity index (χ0n) is 9.75. The van der Waals surface area contributed by atoms with Crippen LogP contribution in [0.3, 0.4) is 0 Å². The molecule has 0 fully saturated rings. The first kappa shape index (κ1) is 14.0. The van der Waals surface area contributed by atoms with Crippen LogP contribution in [0, 0.1) is 0 Å². The fourth-order valence-electron chi connectivity index (χ4n) is 1.43. The third-order valence-corrected chi connectivity index (χ3v) is 5.72. The molecule has 0 aromatic carbocycles. The van der Waals surface area contributed by atoms with Gasteiger partial charge in [-0.25, -0.2) is 8.42 Å². The molecule has 2 aromatic heterocycles. The van der Waals surface area contributed by atoms with Crippen molar-refractivity contribution in [2.24, 2.45) is 0 Å². The molecule has 1 atom stereocenters. The molecular weight excluding hydrogens is 310 g/mol. The first-order valence-corrected chi connectivity index (χ1v) is 8.35. The number of carbonyl (C=O) groups excluding carboxylic acids is 1. The highest BCUT2D eigenvalue weighted by Crippen LogP contribution is 2.28. The summed E-state index contributed by atoms with van der Waals surface area (Å²) in [5.74, 6) is -0.311. The molecule has 0 radical (unpaired) electrons. The lowest BCUT2D eigenvalue weighted by molar-refractivity contribution is 0.0935. The summed E-state index contributed by atoms with van der Waals surface area (Å²) in [7, 11) is 1.52. The highest BCUT2D eigenvalue weighted by Gasteiger charge is 2.18. The van der Waals surface area contributed by atoms with E-state index >= 15 is 0 Å². The molecular formula is C10H10ClN3O3S2. The summed E-state index contributed by atoms with van der Waals surface area (Å²) >= 11 is 1.03. The number of carbonyl (C=O) groups is 1. The Hall–Kier alpha value is -1.38. The minimum absolute atomic E-state index is 0.0619. The number of hydrogen-bond acceptors (Lipinski definition) is 5. The van der Waals surface area contributed by atoms with Crippen molar-refractivity contribution < 1.29 is 13.2 Å². The van der Waals surface area contributed by atoms with Crippen molar-refractivity contribution in [1.82, 2.24) is 15.5 Å². The second-order valence-corrected chi connectivity index (χ2v) is 7.67. The Labute approximate surface area is 118 Å². The maximum atomic E-state index is 11.8. The van der Waals surface area contributed by atoms with Crippen molar-refractivity contribution in [3.8, 4) is 0 Å². The fourth-order valence-corrected chi connectivity index (χ4v) is 3.52. The molecule has 1 unspecified atom stereocenters. The number of nitrogens with zero attached hydrogens (tertiary/aromatic N) is 1. The third-order valence-electron chi connectivity index (χ3n) is 2.36. The maximum Gasteiger partial charge on any atom is 0.270 e. The Morgan fingerprint density at radius 1 is 1.47 bits per heavy atom. The van der Waals surface area contributed by atoms with Crippen molar-refractivity contribution in [3.63, 3.8) is 0 Å². The van der Waals surface area contributed by atoms with Crippen molar-refractivity contribution in [3.05, 3.63) is 35.0 Å². The van der Waals surface area contributed by atoms with E-state index in [1.165, 1.54) is 12.3 Å². The molecule has 0 saturated heterocycles. The van der Waals surface area contributed by atoms with E-state index in [2.05, 4.69) is 15.5 Å². The molecule has 2 rings (SSSR count). The van der Waals surface area contributed by atoms with Crippen molar-refractivity contribution >= 4 is 37.0 Å². The zero-order valence-corrected chi connectivity index (χ0v) is 12.1. The molecule has 1 amide bonds. The second kappa shape index (κ2) is 5.32. The molecule has 102 valence electrons. The summed E-state index contributed by atoms with van der Waals surface area (Å²) in [5.41, 5.74) is 0.341. The predicted octanol–water partition coefficient (Wildman–Crippen LogP) is 1.89. The van der Waals surface area contributed by atoms with Crippen LogP contribution in [0.25, 0.3) is 0 Å². The Balaban J connectivity index is 2.10. The van der Waals surface area contributed by atoms with Gasteiger partial charge in [-0.3, -0.25) is 9.89 Å². The van der Waals surface area contributed by atoms with Gasteiger partial charge in [0.05, 0.1) is 6.04 Å². The van der Waals surface area contributed by atoms with Gasteiger partial charge in [0, 0.05) is 21.8 Å². The molecule has 19 heavy (non-hydrogen) atoms. The zero-order chi connectivity index (χ0) is 14.0. The van der Waals surface area contributed by atoms with E-state index in [-0.39, 0.29) is 16.2 Å². The SMILES string of the molecule is CC(NC(=O)c1ccn[nH]1)c1ccc(S(=O)(=O)Cl)s1. The van der Waals surface area contributed by atoms with Gasteiger partial charge in [-0.15, -0.1) is 11.3 Å². The van der Waals surface area contributed by atoms with Crippen LogP contribution in [0.4, 0.5) is 0 Å². The van der Waals surface area contributed by atoms with Crippen LogP contribution in [-0.2, 0) is 9.05 Å². The first-order valence-electron chi connectivity index (χ1n) is 5.22. The molecule has 6 nitrogen and oxygen atoms in total. The average Bonchev–Trinajstić information content (AvgIpc) is 3.00. The summed E-state index contributed by atoms with van der Waals surface area (Å²) in [6.45, 7) is 1.75. The molecule has 9 heteroatoms. The van der Waals surface area contributed by atoms with E-state index < -0.39 is 9.05 Å². The standard InChI is InChI=1S/C10H10ClN3O3S2/c1-6(13-10(15)7-4-5-12-14-7)8-2-3-9(18-8)19(11,16)17/h2-6H,1H3,(H,12,14)(H,13,15). The minimum Gasteiger partial charge on any atom is -0.343 e. The van der Waals surface area contributed by atoms with Crippen LogP contribution in [0.2, 0.25) is 0 Å². The highest BCUT2D eigenvalue weighted by atomic mass is 35.7. The molecule has 0 aliphatic heterocycles.